The molecule has 1 amide bonds. The Morgan fingerprint density at radius 1 is 1.12 bits per heavy atom. The van der Waals surface area contributed by atoms with Crippen LogP contribution in [0.15, 0.2) is 60.2 Å². The minimum Gasteiger partial charge on any atom is -0.302 e. The summed E-state index contributed by atoms with van der Waals surface area (Å²) in [6, 6.07) is 14.2. The number of thiazole rings is 1. The first-order chi connectivity index (χ1) is 12.3. The number of nitrogens with one attached hydrogen (secondary N) is 1. The number of benzene rings is 1. The van der Waals surface area contributed by atoms with Crippen LogP contribution in [-0.2, 0) is 10.5 Å². The van der Waals surface area contributed by atoms with Gasteiger partial charge in [0.1, 0.15) is 0 Å². The van der Waals surface area contributed by atoms with Gasteiger partial charge in [0.2, 0.25) is 5.91 Å². The molecule has 25 heavy (non-hydrogen) atoms. The van der Waals surface area contributed by atoms with Crippen molar-refractivity contribution in [3.8, 4) is 11.3 Å². The summed E-state index contributed by atoms with van der Waals surface area (Å²) in [5.74, 6) is 1.99. The molecule has 1 N–H and O–H groups in total. The van der Waals surface area contributed by atoms with Gasteiger partial charge in [-0.3, -0.25) is 9.78 Å². The molecule has 2 aromatic heterocycles. The number of nitrogens with zero attached hydrogens (tertiary/aromatic N) is 2. The van der Waals surface area contributed by atoms with Crippen LogP contribution < -0.4 is 5.32 Å². The van der Waals surface area contributed by atoms with Gasteiger partial charge < -0.3 is 5.32 Å². The lowest BCUT2D eigenvalue weighted by molar-refractivity contribution is -0.116. The molecule has 1 aromatic carbocycles. The van der Waals surface area contributed by atoms with Gasteiger partial charge in [-0.05, 0) is 29.9 Å². The topological polar surface area (TPSA) is 54.9 Å². The number of hydrogen-bond acceptors (Lipinski definition) is 5. The molecule has 4 nitrogen and oxygen atoms in total. The van der Waals surface area contributed by atoms with Gasteiger partial charge in [-0.1, -0.05) is 30.3 Å². The van der Waals surface area contributed by atoms with Crippen molar-refractivity contribution in [3.63, 3.8) is 0 Å². The highest BCUT2D eigenvalue weighted by Gasteiger charge is 2.08. The molecule has 0 saturated heterocycles. The maximum absolute atomic E-state index is 12.0. The van der Waals surface area contributed by atoms with Gasteiger partial charge in [0, 0.05) is 35.5 Å². The van der Waals surface area contributed by atoms with E-state index in [1.165, 1.54) is 16.9 Å². The number of amides is 1. The first-order valence-electron chi connectivity index (χ1n) is 8.09. The fraction of sp³-hybridized carbons (Fsp3) is 0.211. The fourth-order valence-electron chi connectivity index (χ4n) is 2.27. The zero-order valence-electron chi connectivity index (χ0n) is 13.7. The van der Waals surface area contributed by atoms with Crippen molar-refractivity contribution in [1.82, 2.24) is 9.97 Å². The van der Waals surface area contributed by atoms with E-state index in [4.69, 9.17) is 0 Å². The molecule has 0 unspecified atom stereocenters. The Balaban J connectivity index is 1.37. The van der Waals surface area contributed by atoms with Gasteiger partial charge in [0.15, 0.2) is 5.13 Å². The number of thioether (sulfide) groups is 1. The monoisotopic (exact) mass is 369 g/mol. The van der Waals surface area contributed by atoms with E-state index in [0.29, 0.717) is 11.6 Å². The summed E-state index contributed by atoms with van der Waals surface area (Å²) in [6.45, 7) is 0. The largest absolute Gasteiger partial charge is 0.302 e. The highest BCUT2D eigenvalue weighted by Crippen LogP contribution is 2.24. The third-order valence-electron chi connectivity index (χ3n) is 3.53. The first-order valence-corrected chi connectivity index (χ1v) is 10.1. The molecule has 3 rings (SSSR count). The zero-order chi connectivity index (χ0) is 17.3. The van der Waals surface area contributed by atoms with E-state index in [2.05, 4.69) is 39.6 Å². The van der Waals surface area contributed by atoms with Crippen LogP contribution in [0.2, 0.25) is 0 Å². The minimum atomic E-state index is 0.0240. The third-order valence-corrected chi connectivity index (χ3v) is 5.40. The molecule has 2 heterocycles. The minimum absolute atomic E-state index is 0.0240. The van der Waals surface area contributed by atoms with E-state index in [1.807, 2.05) is 35.3 Å². The molecule has 0 aliphatic heterocycles. The molecule has 128 valence electrons. The van der Waals surface area contributed by atoms with Crippen LogP contribution in [0.25, 0.3) is 11.3 Å². The van der Waals surface area contributed by atoms with E-state index in [9.17, 15) is 4.79 Å². The fourth-order valence-corrected chi connectivity index (χ4v) is 3.92. The van der Waals surface area contributed by atoms with Crippen molar-refractivity contribution in [3.05, 3.63) is 65.8 Å². The molecule has 3 aromatic rings. The normalized spacial score (nSPS) is 10.6. The molecule has 6 heteroatoms. The number of rotatable bonds is 8. The lowest BCUT2D eigenvalue weighted by Gasteiger charge is -2.03. The Labute approximate surface area is 155 Å². The van der Waals surface area contributed by atoms with Crippen molar-refractivity contribution in [2.45, 2.75) is 18.6 Å². The molecule has 0 radical (unpaired) electrons. The summed E-state index contributed by atoms with van der Waals surface area (Å²) in [5.41, 5.74) is 3.19. The molecule has 0 fully saturated rings. The highest BCUT2D eigenvalue weighted by molar-refractivity contribution is 7.98. The maximum atomic E-state index is 12.0. The van der Waals surface area contributed by atoms with E-state index >= 15 is 0 Å². The van der Waals surface area contributed by atoms with Crippen molar-refractivity contribution >= 4 is 34.1 Å². The third kappa shape index (κ3) is 5.69. The average molecular weight is 370 g/mol. The summed E-state index contributed by atoms with van der Waals surface area (Å²) >= 11 is 3.30. The Hall–Kier alpha value is -2.18. The van der Waals surface area contributed by atoms with Crippen molar-refractivity contribution in [1.29, 1.82) is 0 Å². The number of carbonyl (C=O) groups excluding carboxylic acids is 1. The molecule has 0 atom stereocenters. The Morgan fingerprint density at radius 2 is 1.92 bits per heavy atom. The van der Waals surface area contributed by atoms with Gasteiger partial charge in [-0.2, -0.15) is 11.8 Å². The second-order valence-electron chi connectivity index (χ2n) is 5.46. The smallest absolute Gasteiger partial charge is 0.226 e. The number of anilines is 1. The molecule has 0 bridgehead atoms. The van der Waals surface area contributed by atoms with Gasteiger partial charge >= 0.3 is 0 Å². The van der Waals surface area contributed by atoms with Crippen LogP contribution in [0.4, 0.5) is 5.13 Å². The summed E-state index contributed by atoms with van der Waals surface area (Å²) in [6.07, 6.45) is 4.86. The van der Waals surface area contributed by atoms with Crippen molar-refractivity contribution in [2.24, 2.45) is 0 Å². The first kappa shape index (κ1) is 17.6. The number of carbonyl (C=O) groups is 1. The van der Waals surface area contributed by atoms with E-state index in [-0.39, 0.29) is 5.91 Å². The zero-order valence-corrected chi connectivity index (χ0v) is 15.4. The number of aromatic nitrogens is 2. The van der Waals surface area contributed by atoms with Gasteiger partial charge in [-0.15, -0.1) is 11.3 Å². The summed E-state index contributed by atoms with van der Waals surface area (Å²) in [5, 5.41) is 5.48. The second-order valence-corrected chi connectivity index (χ2v) is 7.43. The second kappa shape index (κ2) is 9.34. The maximum Gasteiger partial charge on any atom is 0.226 e. The predicted octanol–water partition coefficient (Wildman–Crippen LogP) is 4.86. The van der Waals surface area contributed by atoms with E-state index in [1.54, 1.807) is 12.4 Å². The highest BCUT2D eigenvalue weighted by atomic mass is 32.2. The van der Waals surface area contributed by atoms with Gasteiger partial charge in [0.25, 0.3) is 0 Å². The molecule has 0 spiro atoms. The van der Waals surface area contributed by atoms with Crippen molar-refractivity contribution in [2.75, 3.05) is 11.1 Å². The SMILES string of the molecule is O=C(CCCSCc1ccccc1)Nc1nc(-c2ccncc2)cs1. The van der Waals surface area contributed by atoms with Crippen LogP contribution >= 0.6 is 23.1 Å². The van der Waals surface area contributed by atoms with Gasteiger partial charge in [-0.25, -0.2) is 4.98 Å². The summed E-state index contributed by atoms with van der Waals surface area (Å²) in [7, 11) is 0. The molecule has 0 aliphatic rings. The Bertz CT molecular complexity index is 791. The quantitative estimate of drug-likeness (QED) is 0.576. The molecular weight excluding hydrogens is 350 g/mol. The van der Waals surface area contributed by atoms with Crippen LogP contribution in [0.3, 0.4) is 0 Å². The average Bonchev–Trinajstić information content (AvgIpc) is 3.11. The van der Waals surface area contributed by atoms with Gasteiger partial charge in [0.05, 0.1) is 5.69 Å². The Kier molecular flexibility index (Phi) is 6.59. The summed E-state index contributed by atoms with van der Waals surface area (Å²) in [4.78, 5) is 20.5. The van der Waals surface area contributed by atoms with Crippen LogP contribution in [0, 0.1) is 0 Å². The lowest BCUT2D eigenvalue weighted by atomic mass is 10.2. The van der Waals surface area contributed by atoms with E-state index in [0.717, 1.165) is 29.2 Å². The van der Waals surface area contributed by atoms with Crippen LogP contribution in [-0.4, -0.2) is 21.6 Å². The molecule has 0 saturated carbocycles. The lowest BCUT2D eigenvalue weighted by Crippen LogP contribution is -2.11. The standard InChI is InChI=1S/C19H19N3OS2/c23-18(7-4-12-24-13-15-5-2-1-3-6-15)22-19-21-17(14-25-19)16-8-10-20-11-9-16/h1-3,5-6,8-11,14H,4,7,12-13H2,(H,21,22,23). The van der Waals surface area contributed by atoms with Crippen LogP contribution in [0.5, 0.6) is 0 Å². The predicted molar refractivity (Wildman–Crippen MR) is 106 cm³/mol. The number of pyridine rings is 1. The number of hydrogen-bond donors (Lipinski definition) is 1. The van der Waals surface area contributed by atoms with Crippen molar-refractivity contribution < 1.29 is 4.79 Å². The summed E-state index contributed by atoms with van der Waals surface area (Å²) < 4.78 is 0. The molecular formula is C19H19N3OS2. The van der Waals surface area contributed by atoms with Crippen LogP contribution in [0.1, 0.15) is 18.4 Å². The molecule has 0 aliphatic carbocycles. The van der Waals surface area contributed by atoms with E-state index < -0.39 is 0 Å². The Morgan fingerprint density at radius 3 is 2.72 bits per heavy atom.